The number of methoxy groups -OCH3 is 1. The van der Waals surface area contributed by atoms with Gasteiger partial charge in [-0.2, -0.15) is 8.78 Å². The number of allylic oxidation sites excluding steroid dienone is 1. The zero-order valence-corrected chi connectivity index (χ0v) is 28.6. The number of rotatable bonds is 14. The van der Waals surface area contributed by atoms with E-state index in [2.05, 4.69) is 33.2 Å². The molecule has 2 heterocycles. The van der Waals surface area contributed by atoms with Crippen molar-refractivity contribution < 1.29 is 60.0 Å². The van der Waals surface area contributed by atoms with E-state index in [4.69, 9.17) is 18.9 Å². The Labute approximate surface area is 291 Å². The molecule has 0 bridgehead atoms. The van der Waals surface area contributed by atoms with Crippen molar-refractivity contribution in [2.75, 3.05) is 26.8 Å². The molecule has 2 fully saturated rings. The minimum absolute atomic E-state index is 0.0858. The Kier molecular flexibility index (Phi) is 12.0. The average molecular weight is 729 g/mol. The fourth-order valence-electron chi connectivity index (χ4n) is 6.06. The highest BCUT2D eigenvalue weighted by Gasteiger charge is 2.50. The van der Waals surface area contributed by atoms with Crippen LogP contribution in [0.3, 0.4) is 0 Å². The van der Waals surface area contributed by atoms with Crippen molar-refractivity contribution in [2.45, 2.75) is 88.6 Å². The molecule has 2 aromatic rings. The summed E-state index contributed by atoms with van der Waals surface area (Å²) < 4.78 is 94.8. The van der Waals surface area contributed by atoms with Crippen molar-refractivity contribution in [3.8, 4) is 11.6 Å². The molecule has 280 valence electrons. The number of aromatic nitrogens is 2. The van der Waals surface area contributed by atoms with Crippen LogP contribution in [0.15, 0.2) is 43.5 Å². The lowest BCUT2D eigenvalue weighted by Gasteiger charge is -2.43. The number of carbonyl (C=O) groups is 3. The maximum atomic E-state index is 15.1. The lowest BCUT2D eigenvalue weighted by atomic mass is 9.74. The third-order valence-corrected chi connectivity index (χ3v) is 8.92. The molecule has 1 amide bonds. The molecule has 0 spiro atoms. The first-order valence-electron chi connectivity index (χ1n) is 16.1. The van der Waals surface area contributed by atoms with Gasteiger partial charge in [-0.25, -0.2) is 14.8 Å². The molecule has 0 radical (unpaired) electrons. The number of alkyl halides is 5. The summed E-state index contributed by atoms with van der Waals surface area (Å²) in [5.41, 5.74) is -4.04. The van der Waals surface area contributed by atoms with Crippen LogP contribution in [0, 0.1) is 5.41 Å². The zero-order valence-electron chi connectivity index (χ0n) is 28.6. The minimum Gasteiger partial charge on any atom is -0.471 e. The minimum atomic E-state index is -5.04. The van der Waals surface area contributed by atoms with Gasteiger partial charge in [0.2, 0.25) is 5.88 Å². The smallest absolute Gasteiger partial charge is 0.471 e. The Hall–Kier alpha value is -4.38. The van der Waals surface area contributed by atoms with E-state index in [-0.39, 0.29) is 49.3 Å². The van der Waals surface area contributed by atoms with Crippen LogP contribution in [0.25, 0.3) is 11.0 Å². The lowest BCUT2D eigenvalue weighted by Crippen LogP contribution is -2.65. The van der Waals surface area contributed by atoms with E-state index in [1.54, 1.807) is 26.8 Å². The molecule has 5 atom stereocenters. The van der Waals surface area contributed by atoms with E-state index >= 15 is 8.78 Å². The van der Waals surface area contributed by atoms with Gasteiger partial charge in [0, 0.05) is 25.6 Å². The van der Waals surface area contributed by atoms with Crippen LogP contribution in [0.5, 0.6) is 11.6 Å². The van der Waals surface area contributed by atoms with Gasteiger partial charge in [0.1, 0.15) is 35.8 Å². The van der Waals surface area contributed by atoms with E-state index in [1.807, 2.05) is 0 Å². The van der Waals surface area contributed by atoms with E-state index < -0.39 is 70.9 Å². The van der Waals surface area contributed by atoms with Crippen molar-refractivity contribution in [3.05, 3.63) is 49.2 Å². The Morgan fingerprint density at radius 2 is 1.76 bits per heavy atom. The Balaban J connectivity index is 1.62. The summed E-state index contributed by atoms with van der Waals surface area (Å²) in [6.45, 7) is 11.8. The largest absolute Gasteiger partial charge is 0.573 e. The van der Waals surface area contributed by atoms with Crippen LogP contribution in [0.1, 0.15) is 52.1 Å². The number of likely N-dealkylation sites (tertiary alicyclic amines) is 1. The highest BCUT2D eigenvalue weighted by atomic mass is 19.4. The van der Waals surface area contributed by atoms with Gasteiger partial charge in [-0.15, -0.1) is 19.8 Å². The summed E-state index contributed by atoms with van der Waals surface area (Å²) in [7, 11) is 1.15. The molecule has 1 aromatic heterocycles. The molecule has 12 nitrogen and oxygen atoms in total. The SMILES string of the molecule is C=CCO[C@@H]1CCC[C@H]1OC(=O)N[C@@](C=O)(CN1C[C@H](Oc2nc3ccc(OC(F)(F)F)cc3nc2C(F)(F)C=C)C[C@H]1C(=O)OC)C(C)(C)C. The van der Waals surface area contributed by atoms with Gasteiger partial charge >= 0.3 is 24.3 Å². The summed E-state index contributed by atoms with van der Waals surface area (Å²) in [4.78, 5) is 48.7. The number of hydrogen-bond acceptors (Lipinski definition) is 11. The highest BCUT2D eigenvalue weighted by molar-refractivity contribution is 5.79. The number of nitrogens with one attached hydrogen (secondary N) is 1. The zero-order chi connectivity index (χ0) is 37.8. The first-order valence-corrected chi connectivity index (χ1v) is 16.1. The van der Waals surface area contributed by atoms with Crippen LogP contribution < -0.4 is 14.8 Å². The van der Waals surface area contributed by atoms with E-state index in [0.717, 1.165) is 31.7 Å². The van der Waals surface area contributed by atoms with E-state index in [0.29, 0.717) is 19.1 Å². The number of amides is 1. The second kappa shape index (κ2) is 15.5. The van der Waals surface area contributed by atoms with Crippen molar-refractivity contribution >= 4 is 29.4 Å². The molecule has 1 saturated heterocycles. The number of esters is 1. The summed E-state index contributed by atoms with van der Waals surface area (Å²) in [6, 6.07) is 1.78. The molecule has 0 unspecified atom stereocenters. The summed E-state index contributed by atoms with van der Waals surface area (Å²) >= 11 is 0. The topological polar surface area (TPSA) is 138 Å². The highest BCUT2D eigenvalue weighted by Crippen LogP contribution is 2.38. The Bertz CT molecular complexity index is 1620. The molecule has 1 aliphatic carbocycles. The fraction of sp³-hybridized carbons (Fsp3) is 0.559. The molecule has 1 saturated carbocycles. The van der Waals surface area contributed by atoms with Crippen LogP contribution in [-0.4, -0.2) is 96.3 Å². The molecule has 51 heavy (non-hydrogen) atoms. The molecule has 1 N–H and O–H groups in total. The number of aldehydes is 1. The van der Waals surface area contributed by atoms with Crippen LogP contribution in [0.2, 0.25) is 0 Å². The van der Waals surface area contributed by atoms with Crippen molar-refractivity contribution in [2.24, 2.45) is 5.41 Å². The van der Waals surface area contributed by atoms with Crippen LogP contribution in [0.4, 0.5) is 26.7 Å². The number of hydrogen-bond donors (Lipinski definition) is 1. The normalized spacial score (nSPS) is 22.5. The number of carbonyl (C=O) groups excluding carboxylic acids is 3. The number of nitrogens with zero attached hydrogens (tertiary/aromatic N) is 3. The first-order chi connectivity index (χ1) is 23.8. The Morgan fingerprint density at radius 1 is 1.06 bits per heavy atom. The predicted octanol–water partition coefficient (Wildman–Crippen LogP) is 5.63. The quantitative estimate of drug-likeness (QED) is 0.112. The second-order valence-electron chi connectivity index (χ2n) is 13.3. The molecular weight excluding hydrogens is 687 g/mol. The molecule has 4 rings (SSSR count). The number of alkyl carbamates (subject to hydrolysis) is 1. The number of halogens is 5. The fourth-order valence-corrected chi connectivity index (χ4v) is 6.06. The second-order valence-corrected chi connectivity index (χ2v) is 13.3. The van der Waals surface area contributed by atoms with E-state index in [1.165, 1.54) is 4.90 Å². The van der Waals surface area contributed by atoms with Gasteiger partial charge in [-0.05, 0) is 42.9 Å². The summed E-state index contributed by atoms with van der Waals surface area (Å²) in [6.07, 6.45) is -3.51. The molecule has 1 aromatic carbocycles. The van der Waals surface area contributed by atoms with Gasteiger partial charge in [-0.3, -0.25) is 9.69 Å². The molecular formula is C34H41F5N4O8. The third kappa shape index (κ3) is 9.30. The summed E-state index contributed by atoms with van der Waals surface area (Å²) in [5.74, 6) is -5.91. The van der Waals surface area contributed by atoms with Gasteiger partial charge in [0.25, 0.3) is 0 Å². The molecule has 17 heteroatoms. The first kappa shape index (κ1) is 39.4. The van der Waals surface area contributed by atoms with Gasteiger partial charge in [-0.1, -0.05) is 33.4 Å². The van der Waals surface area contributed by atoms with Gasteiger partial charge in [0.05, 0.1) is 30.9 Å². The Morgan fingerprint density at radius 3 is 2.37 bits per heavy atom. The average Bonchev–Trinajstić information content (AvgIpc) is 3.67. The van der Waals surface area contributed by atoms with Crippen molar-refractivity contribution in [1.29, 1.82) is 0 Å². The number of fused-ring (bicyclic) bond motifs is 1. The standard InChI is InChI=1S/C34H41F5N4O8/c1-7-14-48-25-10-9-11-26(25)50-30(46)42-32(19-44,31(3,4)5)18-43-17-21(16-24(43)29(45)47-6)49-28-27(33(35,36)8-2)40-23-15-20(51-34(37,38)39)12-13-22(23)41-28/h7-8,12-13,15,19,21,24-26H,1-2,9-11,14,16-18H2,3-6H3,(H,42,46)/t21-,24+,25-,26-,32-/m1/s1. The van der Waals surface area contributed by atoms with Crippen molar-refractivity contribution in [3.63, 3.8) is 0 Å². The van der Waals surface area contributed by atoms with Gasteiger partial charge < -0.3 is 33.8 Å². The third-order valence-electron chi connectivity index (χ3n) is 8.92. The number of ether oxygens (including phenoxy) is 5. The maximum Gasteiger partial charge on any atom is 0.573 e. The maximum absolute atomic E-state index is 15.1. The predicted molar refractivity (Wildman–Crippen MR) is 172 cm³/mol. The lowest BCUT2D eigenvalue weighted by molar-refractivity contribution is -0.274. The molecule has 2 aliphatic rings. The number of benzene rings is 1. The van der Waals surface area contributed by atoms with E-state index in [9.17, 15) is 27.6 Å². The van der Waals surface area contributed by atoms with Crippen LogP contribution >= 0.6 is 0 Å². The van der Waals surface area contributed by atoms with Crippen LogP contribution in [-0.2, 0) is 29.7 Å². The van der Waals surface area contributed by atoms with Crippen molar-refractivity contribution in [1.82, 2.24) is 20.2 Å². The monoisotopic (exact) mass is 728 g/mol. The van der Waals surface area contributed by atoms with Gasteiger partial charge in [0.15, 0.2) is 5.69 Å². The summed E-state index contributed by atoms with van der Waals surface area (Å²) in [5, 5.41) is 2.72. The molecule has 1 aliphatic heterocycles.